The quantitative estimate of drug-likeness (QED) is 0.811. The van der Waals surface area contributed by atoms with Crippen molar-refractivity contribution in [2.24, 2.45) is 5.92 Å². The van der Waals surface area contributed by atoms with E-state index in [1.54, 1.807) is 0 Å². The topological polar surface area (TPSA) is 66.4 Å². The smallest absolute Gasteiger partial charge is 0.243 e. The second-order valence-electron chi connectivity index (χ2n) is 5.33. The fourth-order valence-electron chi connectivity index (χ4n) is 2.20. The third kappa shape index (κ3) is 3.77. The first-order valence-corrected chi connectivity index (χ1v) is 8.36. The standard InChI is InChI=1S/C14H20FNO3S/c1-2-12(7-10-3-4-10)16-20(18,19)14-6-5-11(9-17)8-13(14)15/h5-6,8,10,12,16-17H,2-4,7,9H2,1H3. The van der Waals surface area contributed by atoms with Crippen LogP contribution in [0.3, 0.4) is 0 Å². The van der Waals surface area contributed by atoms with Crippen LogP contribution >= 0.6 is 0 Å². The molecule has 1 aliphatic rings. The Labute approximate surface area is 119 Å². The molecule has 0 aliphatic heterocycles. The second-order valence-corrected chi connectivity index (χ2v) is 7.01. The Morgan fingerprint density at radius 3 is 2.65 bits per heavy atom. The highest BCUT2D eigenvalue weighted by Gasteiger charge is 2.28. The molecule has 1 unspecified atom stereocenters. The summed E-state index contributed by atoms with van der Waals surface area (Å²) in [4.78, 5) is -0.357. The molecule has 1 aromatic carbocycles. The lowest BCUT2D eigenvalue weighted by molar-refractivity contribution is 0.281. The highest BCUT2D eigenvalue weighted by Crippen LogP contribution is 2.34. The molecule has 2 N–H and O–H groups in total. The number of halogens is 1. The zero-order valence-electron chi connectivity index (χ0n) is 11.5. The Bertz CT molecular complexity index is 570. The Balaban J connectivity index is 2.16. The average Bonchev–Trinajstić information content (AvgIpc) is 3.21. The summed E-state index contributed by atoms with van der Waals surface area (Å²) in [5, 5.41) is 8.91. The molecular formula is C14H20FNO3S. The lowest BCUT2D eigenvalue weighted by atomic mass is 10.1. The van der Waals surface area contributed by atoms with E-state index >= 15 is 0 Å². The SMILES string of the molecule is CCC(CC1CC1)NS(=O)(=O)c1ccc(CO)cc1F. The van der Waals surface area contributed by atoms with Gasteiger partial charge in [-0.15, -0.1) is 0 Å². The van der Waals surface area contributed by atoms with Crippen LogP contribution in [-0.2, 0) is 16.6 Å². The Kier molecular flexibility index (Phi) is 4.78. The van der Waals surface area contributed by atoms with E-state index < -0.39 is 15.8 Å². The van der Waals surface area contributed by atoms with Gasteiger partial charge in [0.05, 0.1) is 6.61 Å². The molecule has 0 saturated heterocycles. The fraction of sp³-hybridized carbons (Fsp3) is 0.571. The van der Waals surface area contributed by atoms with Gasteiger partial charge in [0.25, 0.3) is 0 Å². The number of rotatable bonds is 7. The number of hydrogen-bond acceptors (Lipinski definition) is 3. The van der Waals surface area contributed by atoms with Gasteiger partial charge in [0.2, 0.25) is 10.0 Å². The molecular weight excluding hydrogens is 281 g/mol. The number of nitrogens with one attached hydrogen (secondary N) is 1. The molecule has 1 saturated carbocycles. The molecule has 0 bridgehead atoms. The van der Waals surface area contributed by atoms with Gasteiger partial charge in [-0.3, -0.25) is 0 Å². The van der Waals surface area contributed by atoms with Crippen molar-refractivity contribution < 1.29 is 17.9 Å². The number of hydrogen-bond donors (Lipinski definition) is 2. The van der Waals surface area contributed by atoms with E-state index in [4.69, 9.17) is 5.11 Å². The molecule has 6 heteroatoms. The van der Waals surface area contributed by atoms with E-state index in [2.05, 4.69) is 4.72 Å². The molecule has 2 rings (SSSR count). The first-order chi connectivity index (χ1) is 9.46. The van der Waals surface area contributed by atoms with Crippen LogP contribution in [0.5, 0.6) is 0 Å². The van der Waals surface area contributed by atoms with E-state index in [0.717, 1.165) is 25.3 Å². The lowest BCUT2D eigenvalue weighted by Crippen LogP contribution is -2.35. The molecule has 0 spiro atoms. The molecule has 0 amide bonds. The first-order valence-electron chi connectivity index (χ1n) is 6.88. The van der Waals surface area contributed by atoms with Gasteiger partial charge in [-0.1, -0.05) is 25.8 Å². The lowest BCUT2D eigenvalue weighted by Gasteiger charge is -2.17. The minimum atomic E-state index is -3.85. The van der Waals surface area contributed by atoms with Gasteiger partial charge in [0, 0.05) is 6.04 Å². The van der Waals surface area contributed by atoms with Crippen molar-refractivity contribution >= 4 is 10.0 Å². The zero-order valence-corrected chi connectivity index (χ0v) is 12.3. The molecule has 1 aliphatic carbocycles. The predicted octanol–water partition coefficient (Wildman–Crippen LogP) is 2.17. The molecule has 0 aromatic heterocycles. The van der Waals surface area contributed by atoms with Crippen LogP contribution in [0.25, 0.3) is 0 Å². The molecule has 20 heavy (non-hydrogen) atoms. The fourth-order valence-corrected chi connectivity index (χ4v) is 3.59. The van der Waals surface area contributed by atoms with Gasteiger partial charge in [0.15, 0.2) is 0 Å². The molecule has 1 fully saturated rings. The molecule has 0 radical (unpaired) electrons. The molecule has 112 valence electrons. The molecule has 1 aromatic rings. The van der Waals surface area contributed by atoms with E-state index in [9.17, 15) is 12.8 Å². The maximum Gasteiger partial charge on any atom is 0.243 e. The van der Waals surface area contributed by atoms with E-state index in [1.165, 1.54) is 12.1 Å². The van der Waals surface area contributed by atoms with Crippen molar-refractivity contribution in [3.8, 4) is 0 Å². The van der Waals surface area contributed by atoms with Crippen molar-refractivity contribution in [2.75, 3.05) is 0 Å². The number of aliphatic hydroxyl groups is 1. The van der Waals surface area contributed by atoms with Crippen LogP contribution in [0.4, 0.5) is 4.39 Å². The summed E-state index contributed by atoms with van der Waals surface area (Å²) in [6.07, 6.45) is 3.80. The van der Waals surface area contributed by atoms with Crippen LogP contribution in [0.15, 0.2) is 23.1 Å². The monoisotopic (exact) mass is 301 g/mol. The predicted molar refractivity (Wildman–Crippen MR) is 74.1 cm³/mol. The van der Waals surface area contributed by atoms with E-state index in [0.29, 0.717) is 17.9 Å². The summed E-state index contributed by atoms with van der Waals surface area (Å²) >= 11 is 0. The molecule has 4 nitrogen and oxygen atoms in total. The summed E-state index contributed by atoms with van der Waals surface area (Å²) in [6.45, 7) is 1.60. The summed E-state index contributed by atoms with van der Waals surface area (Å²) in [6, 6.07) is 3.52. The summed E-state index contributed by atoms with van der Waals surface area (Å²) in [5.41, 5.74) is 0.353. The van der Waals surface area contributed by atoms with Gasteiger partial charge in [-0.05, 0) is 36.5 Å². The Morgan fingerprint density at radius 1 is 1.45 bits per heavy atom. The van der Waals surface area contributed by atoms with Crippen molar-refractivity contribution in [3.63, 3.8) is 0 Å². The Hall–Kier alpha value is -0.980. The normalized spacial score (nSPS) is 17.1. The minimum absolute atomic E-state index is 0.149. The maximum atomic E-state index is 13.8. The highest BCUT2D eigenvalue weighted by molar-refractivity contribution is 7.89. The van der Waals surface area contributed by atoms with E-state index in [-0.39, 0.29) is 17.5 Å². The third-order valence-corrected chi connectivity index (χ3v) is 5.15. The number of benzene rings is 1. The van der Waals surface area contributed by atoms with Crippen molar-refractivity contribution in [3.05, 3.63) is 29.6 Å². The van der Waals surface area contributed by atoms with Gasteiger partial charge < -0.3 is 5.11 Å². The van der Waals surface area contributed by atoms with Crippen LogP contribution in [0.1, 0.15) is 38.2 Å². The second kappa shape index (κ2) is 6.20. The zero-order chi connectivity index (χ0) is 14.8. The van der Waals surface area contributed by atoms with Gasteiger partial charge in [-0.2, -0.15) is 0 Å². The van der Waals surface area contributed by atoms with Crippen molar-refractivity contribution in [2.45, 2.75) is 50.2 Å². The van der Waals surface area contributed by atoms with Crippen molar-refractivity contribution in [1.29, 1.82) is 0 Å². The van der Waals surface area contributed by atoms with Crippen LogP contribution in [-0.4, -0.2) is 19.6 Å². The average molecular weight is 301 g/mol. The Morgan fingerprint density at radius 2 is 2.15 bits per heavy atom. The van der Waals surface area contributed by atoms with Crippen LogP contribution in [0.2, 0.25) is 0 Å². The van der Waals surface area contributed by atoms with Crippen LogP contribution < -0.4 is 4.72 Å². The van der Waals surface area contributed by atoms with Crippen LogP contribution in [0, 0.1) is 11.7 Å². The first kappa shape index (κ1) is 15.4. The van der Waals surface area contributed by atoms with Gasteiger partial charge >= 0.3 is 0 Å². The van der Waals surface area contributed by atoms with E-state index in [1.807, 2.05) is 6.92 Å². The summed E-state index contributed by atoms with van der Waals surface area (Å²) in [7, 11) is -3.85. The highest BCUT2D eigenvalue weighted by atomic mass is 32.2. The molecule has 1 atom stereocenters. The number of sulfonamides is 1. The number of aliphatic hydroxyl groups excluding tert-OH is 1. The maximum absolute atomic E-state index is 13.8. The summed E-state index contributed by atoms with van der Waals surface area (Å²) in [5.74, 6) is -0.227. The molecule has 0 heterocycles. The third-order valence-electron chi connectivity index (χ3n) is 3.60. The largest absolute Gasteiger partial charge is 0.392 e. The summed E-state index contributed by atoms with van der Waals surface area (Å²) < 4.78 is 40.8. The van der Waals surface area contributed by atoms with Gasteiger partial charge in [0.1, 0.15) is 10.7 Å². The van der Waals surface area contributed by atoms with Gasteiger partial charge in [-0.25, -0.2) is 17.5 Å². The van der Waals surface area contributed by atoms with Crippen molar-refractivity contribution in [1.82, 2.24) is 4.72 Å². The minimum Gasteiger partial charge on any atom is -0.392 e.